The van der Waals surface area contributed by atoms with Gasteiger partial charge in [0.2, 0.25) is 0 Å². The van der Waals surface area contributed by atoms with Crippen LogP contribution in [0.2, 0.25) is 5.02 Å². The second-order valence-electron chi connectivity index (χ2n) is 9.02. The van der Waals surface area contributed by atoms with Crippen LogP contribution in [0, 0.1) is 13.0 Å². The maximum absolute atomic E-state index is 14.1. The number of ether oxygens (including phenoxy) is 2. The van der Waals surface area contributed by atoms with E-state index < -0.39 is 12.0 Å². The van der Waals surface area contributed by atoms with Crippen molar-refractivity contribution in [2.75, 3.05) is 6.61 Å². The van der Waals surface area contributed by atoms with E-state index >= 15 is 0 Å². The highest BCUT2D eigenvalue weighted by Crippen LogP contribution is 2.34. The third kappa shape index (κ3) is 6.15. The number of halogens is 4. The van der Waals surface area contributed by atoms with Crippen LogP contribution in [0.3, 0.4) is 0 Å². The fraction of sp³-hybridized carbons (Fsp3) is 0.167. The number of benzene rings is 3. The molecule has 1 aliphatic rings. The number of rotatable bonds is 7. The van der Waals surface area contributed by atoms with E-state index in [4.69, 9.17) is 21.1 Å². The number of hydrogen-bond acceptors (Lipinski definition) is 6. The predicted octanol–water partition coefficient (Wildman–Crippen LogP) is 6.38. The van der Waals surface area contributed by atoms with Crippen molar-refractivity contribution in [1.82, 2.24) is 4.57 Å². The number of hydrogen-bond donors (Lipinski definition) is 0. The number of carbonyl (C=O) groups excluding carboxylic acids is 1. The van der Waals surface area contributed by atoms with Crippen molar-refractivity contribution in [2.45, 2.75) is 26.5 Å². The molecule has 3 aromatic carbocycles. The van der Waals surface area contributed by atoms with Crippen LogP contribution in [0.4, 0.5) is 4.39 Å². The van der Waals surface area contributed by atoms with E-state index in [9.17, 15) is 14.0 Å². The van der Waals surface area contributed by atoms with Crippen LogP contribution in [0.5, 0.6) is 5.75 Å². The second kappa shape index (κ2) is 12.8. The van der Waals surface area contributed by atoms with Gasteiger partial charge in [-0.2, -0.15) is 0 Å². The molecule has 11 heteroatoms. The molecule has 0 N–H and O–H groups in total. The Balaban J connectivity index is 1.57. The Labute approximate surface area is 271 Å². The van der Waals surface area contributed by atoms with Gasteiger partial charge in [-0.3, -0.25) is 9.36 Å². The van der Waals surface area contributed by atoms with E-state index in [1.165, 1.54) is 22.0 Å². The topological polar surface area (TPSA) is 69.9 Å². The number of allylic oxidation sites excluding steroid dienone is 1. The van der Waals surface area contributed by atoms with Crippen molar-refractivity contribution in [3.63, 3.8) is 0 Å². The Morgan fingerprint density at radius 1 is 1.15 bits per heavy atom. The minimum atomic E-state index is -0.782. The van der Waals surface area contributed by atoms with Gasteiger partial charge in [-0.25, -0.2) is 14.2 Å². The molecule has 1 atom stereocenters. The molecule has 2 heterocycles. The van der Waals surface area contributed by atoms with E-state index in [-0.39, 0.29) is 30.2 Å². The first kappa shape index (κ1) is 29.9. The zero-order valence-electron chi connectivity index (χ0n) is 21.8. The van der Waals surface area contributed by atoms with Gasteiger partial charge < -0.3 is 9.47 Å². The van der Waals surface area contributed by atoms with Crippen LogP contribution in [-0.2, 0) is 16.1 Å². The summed E-state index contributed by atoms with van der Waals surface area (Å²) >= 11 is 12.2. The smallest absolute Gasteiger partial charge is 0.338 e. The van der Waals surface area contributed by atoms with Gasteiger partial charge in [-0.05, 0) is 100 Å². The van der Waals surface area contributed by atoms with Gasteiger partial charge in [0.05, 0.1) is 29.5 Å². The zero-order valence-corrected chi connectivity index (χ0v) is 27.7. The van der Waals surface area contributed by atoms with Crippen LogP contribution >= 0.6 is 68.1 Å². The van der Waals surface area contributed by atoms with E-state index in [0.717, 1.165) is 12.7 Å². The van der Waals surface area contributed by atoms with Crippen molar-refractivity contribution in [3.8, 4) is 5.75 Å². The summed E-state index contributed by atoms with van der Waals surface area (Å²) in [5.41, 5.74) is 2.33. The highest BCUT2D eigenvalue weighted by atomic mass is 127. The van der Waals surface area contributed by atoms with Crippen LogP contribution < -0.4 is 19.6 Å². The Morgan fingerprint density at radius 2 is 1.83 bits per heavy atom. The van der Waals surface area contributed by atoms with Crippen molar-refractivity contribution < 1.29 is 18.7 Å². The molecule has 0 fully saturated rings. The second-order valence-corrected chi connectivity index (χ2v) is 12.8. The minimum absolute atomic E-state index is 0.0980. The SMILES string of the molecule is CCOC(=O)C1=C(C)N=c2s/c(=C/c3cc(I)c(OCc4ccccc4F)c(I)c3)c(=O)n2[C@@H]1c1ccccc1Cl. The van der Waals surface area contributed by atoms with Crippen LogP contribution in [0.25, 0.3) is 6.08 Å². The van der Waals surface area contributed by atoms with Gasteiger partial charge in [0.25, 0.3) is 5.56 Å². The third-order valence-electron chi connectivity index (χ3n) is 6.37. The maximum Gasteiger partial charge on any atom is 0.338 e. The first-order chi connectivity index (χ1) is 19.7. The summed E-state index contributed by atoms with van der Waals surface area (Å²) in [5.74, 6) is -0.217. The Morgan fingerprint density at radius 3 is 2.51 bits per heavy atom. The summed E-state index contributed by atoms with van der Waals surface area (Å²) in [6, 6.07) is 16.7. The van der Waals surface area contributed by atoms with Gasteiger partial charge in [0.15, 0.2) is 4.80 Å². The standard InChI is InChI=1S/C30H22ClFI2N2O4S/c1-3-39-29(38)25-16(2)35-30-36(26(25)19-9-5-6-10-20(19)31)28(37)24(41-30)14-17-12-22(33)27(23(34)13-17)40-15-18-8-4-7-11-21(18)32/h4-14,26H,3,15H2,1-2H3/b24-14+/t26-/m1/s1. The Bertz CT molecular complexity index is 1860. The molecule has 1 aromatic heterocycles. The molecule has 0 aliphatic carbocycles. The average molecular weight is 815 g/mol. The fourth-order valence-corrected chi connectivity index (χ4v) is 7.91. The summed E-state index contributed by atoms with van der Waals surface area (Å²) in [5, 5.41) is 0.429. The van der Waals surface area contributed by atoms with Crippen molar-refractivity contribution >= 4 is 80.2 Å². The molecular formula is C30H22ClFI2N2O4S. The lowest BCUT2D eigenvalue weighted by atomic mass is 9.96. The molecule has 0 unspecified atom stereocenters. The molecule has 5 rings (SSSR count). The van der Waals surface area contributed by atoms with E-state index in [1.807, 2.05) is 18.2 Å². The predicted molar refractivity (Wildman–Crippen MR) is 174 cm³/mol. The maximum atomic E-state index is 14.1. The first-order valence-electron chi connectivity index (χ1n) is 12.5. The summed E-state index contributed by atoms with van der Waals surface area (Å²) < 4.78 is 29.0. The molecule has 0 spiro atoms. The first-order valence-corrected chi connectivity index (χ1v) is 15.8. The molecule has 0 radical (unpaired) electrons. The quantitative estimate of drug-likeness (QED) is 0.161. The number of esters is 1. The van der Waals surface area contributed by atoms with Crippen LogP contribution in [0.1, 0.15) is 36.6 Å². The van der Waals surface area contributed by atoms with Gasteiger partial charge in [0.1, 0.15) is 24.2 Å². The lowest BCUT2D eigenvalue weighted by Crippen LogP contribution is -2.40. The Hall–Kier alpha value is -2.55. The lowest BCUT2D eigenvalue weighted by molar-refractivity contribution is -0.139. The van der Waals surface area contributed by atoms with Gasteiger partial charge >= 0.3 is 5.97 Å². The molecule has 0 bridgehead atoms. The summed E-state index contributed by atoms with van der Waals surface area (Å²) in [4.78, 5) is 32.0. The molecule has 0 amide bonds. The number of aromatic nitrogens is 1. The lowest BCUT2D eigenvalue weighted by Gasteiger charge is -2.25. The van der Waals surface area contributed by atoms with Crippen molar-refractivity contribution in [2.24, 2.45) is 4.99 Å². The molecule has 0 saturated carbocycles. The van der Waals surface area contributed by atoms with Crippen LogP contribution in [-0.4, -0.2) is 17.1 Å². The van der Waals surface area contributed by atoms with E-state index in [0.29, 0.717) is 36.9 Å². The molecular weight excluding hydrogens is 793 g/mol. The molecule has 41 heavy (non-hydrogen) atoms. The van der Waals surface area contributed by atoms with Crippen molar-refractivity contribution in [1.29, 1.82) is 0 Å². The number of thiazole rings is 1. The summed E-state index contributed by atoms with van der Waals surface area (Å²) in [6.07, 6.45) is 1.79. The molecule has 4 aromatic rings. The minimum Gasteiger partial charge on any atom is -0.487 e. The summed E-state index contributed by atoms with van der Waals surface area (Å²) in [6.45, 7) is 3.75. The largest absolute Gasteiger partial charge is 0.487 e. The summed E-state index contributed by atoms with van der Waals surface area (Å²) in [7, 11) is 0. The highest BCUT2D eigenvalue weighted by Gasteiger charge is 2.34. The highest BCUT2D eigenvalue weighted by molar-refractivity contribution is 14.1. The van der Waals surface area contributed by atoms with Crippen LogP contribution in [0.15, 0.2) is 81.7 Å². The van der Waals surface area contributed by atoms with Gasteiger partial charge in [0, 0.05) is 10.6 Å². The molecule has 1 aliphatic heterocycles. The van der Waals surface area contributed by atoms with E-state index in [1.54, 1.807) is 56.3 Å². The monoisotopic (exact) mass is 814 g/mol. The van der Waals surface area contributed by atoms with Crippen molar-refractivity contribution in [3.05, 3.63) is 126 Å². The van der Waals surface area contributed by atoms with Gasteiger partial charge in [-0.15, -0.1) is 0 Å². The molecule has 6 nitrogen and oxygen atoms in total. The number of nitrogens with zero attached hydrogens (tertiary/aromatic N) is 2. The third-order valence-corrected chi connectivity index (χ3v) is 9.29. The fourth-order valence-electron chi connectivity index (χ4n) is 4.50. The normalized spacial score (nSPS) is 15.0. The van der Waals surface area contributed by atoms with Gasteiger partial charge in [-0.1, -0.05) is 59.3 Å². The van der Waals surface area contributed by atoms with E-state index in [2.05, 4.69) is 50.2 Å². The Kier molecular flexibility index (Phi) is 9.31. The molecule has 210 valence electrons. The average Bonchev–Trinajstić information content (AvgIpc) is 3.23. The number of carbonyl (C=O) groups is 1. The molecule has 0 saturated heterocycles. The number of fused-ring (bicyclic) bond motifs is 1. The zero-order chi connectivity index (χ0) is 29.3.